The quantitative estimate of drug-likeness (QED) is 0.189. The molecule has 1 aliphatic carbocycles. The van der Waals surface area contributed by atoms with Gasteiger partial charge in [0.15, 0.2) is 0 Å². The fraction of sp³-hybridized carbons (Fsp3) is 0.312. The third-order valence-corrected chi connectivity index (χ3v) is 7.96. The topological polar surface area (TPSA) is 77.1 Å². The number of pyridine rings is 2. The Kier molecular flexibility index (Phi) is 6.48. The van der Waals surface area contributed by atoms with Crippen molar-refractivity contribution in [2.45, 2.75) is 52.1 Å². The van der Waals surface area contributed by atoms with Crippen LogP contribution in [0.2, 0.25) is 5.02 Å². The number of nitrogens with one attached hydrogen (secondary N) is 4. The van der Waals surface area contributed by atoms with Crippen molar-refractivity contribution in [1.29, 1.82) is 0 Å². The monoisotopic (exact) mass is 551 g/mol. The maximum Gasteiger partial charge on any atom is 0.0950 e. The molecule has 1 atom stereocenters. The van der Waals surface area contributed by atoms with Gasteiger partial charge in [0.25, 0.3) is 0 Å². The molecule has 2 aromatic heterocycles. The SMILES string of the molecule is C#Cc1cnc2c(Cl)cc(N[C@H](C3=CN(C4(C)CC4)NN3)c3cccc4cnccc34)cc2c1NCC(C)(C)C. The van der Waals surface area contributed by atoms with Gasteiger partial charge in [-0.2, -0.15) is 0 Å². The lowest BCUT2D eigenvalue weighted by Gasteiger charge is -2.24. The molecule has 6 rings (SSSR count). The van der Waals surface area contributed by atoms with Crippen LogP contribution in [0.4, 0.5) is 11.4 Å². The summed E-state index contributed by atoms with van der Waals surface area (Å²) in [5, 5.41) is 13.2. The highest BCUT2D eigenvalue weighted by molar-refractivity contribution is 6.35. The van der Waals surface area contributed by atoms with Gasteiger partial charge in [0.1, 0.15) is 0 Å². The predicted molar refractivity (Wildman–Crippen MR) is 165 cm³/mol. The highest BCUT2D eigenvalue weighted by atomic mass is 35.5. The second kappa shape index (κ2) is 9.88. The lowest BCUT2D eigenvalue weighted by atomic mass is 9.96. The standard InChI is InChI=1S/C32H34ClN7/c1-6-20-17-35-29-25(28(20)36-19-31(2,3)4)14-22(15-26(29)33)37-30(27-18-40(39-38-27)32(5)11-12-32)24-9-7-8-21-16-34-13-10-23(21)24/h1,7-10,13-18,30,37-39H,11-12,19H2,2-5H3,(H,35,36)/t30-/m0/s1. The summed E-state index contributed by atoms with van der Waals surface area (Å²) >= 11 is 6.85. The van der Waals surface area contributed by atoms with Crippen molar-refractivity contribution in [3.63, 3.8) is 0 Å². The maximum atomic E-state index is 6.85. The number of anilines is 2. The number of nitrogens with zero attached hydrogens (tertiary/aromatic N) is 3. The zero-order valence-corrected chi connectivity index (χ0v) is 24.0. The fourth-order valence-corrected chi connectivity index (χ4v) is 5.34. The highest BCUT2D eigenvalue weighted by Gasteiger charge is 2.44. The average Bonchev–Trinajstić information content (AvgIpc) is 3.48. The van der Waals surface area contributed by atoms with E-state index in [1.165, 1.54) is 0 Å². The first-order valence-corrected chi connectivity index (χ1v) is 14.0. The number of hydrogen-bond acceptors (Lipinski definition) is 7. The van der Waals surface area contributed by atoms with Gasteiger partial charge in [0.2, 0.25) is 0 Å². The first-order chi connectivity index (χ1) is 19.1. The number of terminal acetylenes is 1. The van der Waals surface area contributed by atoms with Crippen LogP contribution < -0.4 is 21.6 Å². The molecule has 0 unspecified atom stereocenters. The maximum absolute atomic E-state index is 6.85. The number of aromatic nitrogens is 2. The molecule has 4 aromatic rings. The van der Waals surface area contributed by atoms with Crippen molar-refractivity contribution < 1.29 is 0 Å². The second-order valence-electron chi connectivity index (χ2n) is 12.2. The van der Waals surface area contributed by atoms with E-state index in [-0.39, 0.29) is 17.0 Å². The van der Waals surface area contributed by atoms with Crippen molar-refractivity contribution >= 4 is 44.7 Å². The summed E-state index contributed by atoms with van der Waals surface area (Å²) in [6.45, 7) is 9.57. The van der Waals surface area contributed by atoms with E-state index in [2.05, 4.69) is 107 Å². The molecule has 8 heteroatoms. The lowest BCUT2D eigenvalue weighted by molar-refractivity contribution is 0.190. The Balaban J connectivity index is 1.46. The predicted octanol–water partition coefficient (Wildman–Crippen LogP) is 6.75. The molecule has 1 fully saturated rings. The number of hydrogen-bond donors (Lipinski definition) is 4. The molecule has 1 saturated carbocycles. The van der Waals surface area contributed by atoms with Gasteiger partial charge in [-0.15, -0.1) is 12.0 Å². The van der Waals surface area contributed by atoms with Gasteiger partial charge in [-0.1, -0.05) is 56.5 Å². The van der Waals surface area contributed by atoms with Gasteiger partial charge < -0.3 is 16.1 Å². The minimum atomic E-state index is -0.200. The summed E-state index contributed by atoms with van der Waals surface area (Å²) in [5.41, 5.74) is 12.3. The number of halogens is 1. The van der Waals surface area contributed by atoms with Crippen molar-refractivity contribution in [2.24, 2.45) is 5.41 Å². The Labute approximate surface area is 240 Å². The van der Waals surface area contributed by atoms with E-state index in [4.69, 9.17) is 18.0 Å². The van der Waals surface area contributed by atoms with Gasteiger partial charge in [-0.3, -0.25) is 15.0 Å². The van der Waals surface area contributed by atoms with E-state index in [0.717, 1.165) is 58.2 Å². The molecule has 3 heterocycles. The minimum Gasteiger partial charge on any atom is -0.383 e. The van der Waals surface area contributed by atoms with E-state index in [1.807, 2.05) is 18.5 Å². The Bertz CT molecular complexity index is 1670. The second-order valence-corrected chi connectivity index (χ2v) is 12.6. The first kappa shape index (κ1) is 26.2. The molecule has 7 nitrogen and oxygen atoms in total. The Morgan fingerprint density at radius 3 is 2.75 bits per heavy atom. The minimum absolute atomic E-state index is 0.0626. The smallest absolute Gasteiger partial charge is 0.0950 e. The van der Waals surface area contributed by atoms with Crippen LogP contribution in [0.3, 0.4) is 0 Å². The summed E-state index contributed by atoms with van der Waals surface area (Å²) in [6, 6.07) is 12.2. The number of fused-ring (bicyclic) bond motifs is 2. The zero-order valence-electron chi connectivity index (χ0n) is 23.3. The lowest BCUT2D eigenvalue weighted by Crippen LogP contribution is -2.43. The molecule has 2 aromatic carbocycles. The summed E-state index contributed by atoms with van der Waals surface area (Å²) in [5.74, 6) is 2.79. The van der Waals surface area contributed by atoms with E-state index >= 15 is 0 Å². The molecule has 1 aliphatic heterocycles. The third kappa shape index (κ3) is 5.01. The summed E-state index contributed by atoms with van der Waals surface area (Å²) in [6.07, 6.45) is 15.8. The molecule has 0 radical (unpaired) electrons. The van der Waals surface area contributed by atoms with Gasteiger partial charge in [-0.05, 0) is 54.3 Å². The van der Waals surface area contributed by atoms with Gasteiger partial charge >= 0.3 is 0 Å². The van der Waals surface area contributed by atoms with Crippen molar-refractivity contribution in [3.8, 4) is 12.3 Å². The first-order valence-electron chi connectivity index (χ1n) is 13.6. The Morgan fingerprint density at radius 1 is 1.18 bits per heavy atom. The highest BCUT2D eigenvalue weighted by Crippen LogP contribution is 2.43. The van der Waals surface area contributed by atoms with Crippen molar-refractivity contribution in [3.05, 3.63) is 83.0 Å². The van der Waals surface area contributed by atoms with Crippen LogP contribution >= 0.6 is 11.6 Å². The molecule has 0 bridgehead atoms. The third-order valence-electron chi connectivity index (χ3n) is 7.67. The van der Waals surface area contributed by atoms with Crippen LogP contribution in [0.15, 0.2) is 66.9 Å². The van der Waals surface area contributed by atoms with Crippen molar-refractivity contribution in [2.75, 3.05) is 17.2 Å². The Hall–Kier alpha value is -3.99. The van der Waals surface area contributed by atoms with E-state index in [1.54, 1.807) is 6.20 Å². The van der Waals surface area contributed by atoms with Gasteiger partial charge in [0.05, 0.1) is 39.1 Å². The molecule has 40 heavy (non-hydrogen) atoms. The van der Waals surface area contributed by atoms with Crippen LogP contribution in [-0.2, 0) is 0 Å². The fourth-order valence-electron chi connectivity index (χ4n) is 5.07. The van der Waals surface area contributed by atoms with Crippen LogP contribution in [0.5, 0.6) is 0 Å². The van der Waals surface area contributed by atoms with Crippen LogP contribution in [0, 0.1) is 17.8 Å². The molecule has 2 aliphatic rings. The number of hydrazine groups is 2. The molecular weight excluding hydrogens is 518 g/mol. The van der Waals surface area contributed by atoms with Crippen LogP contribution in [-0.4, -0.2) is 27.1 Å². The van der Waals surface area contributed by atoms with Gasteiger partial charge in [0, 0.05) is 47.8 Å². The van der Waals surface area contributed by atoms with E-state index < -0.39 is 0 Å². The molecule has 4 N–H and O–H groups in total. The van der Waals surface area contributed by atoms with Crippen molar-refractivity contribution in [1.82, 2.24) is 25.9 Å². The van der Waals surface area contributed by atoms with Crippen LogP contribution in [0.25, 0.3) is 21.7 Å². The molecule has 0 saturated heterocycles. The molecule has 204 valence electrons. The average molecular weight is 552 g/mol. The summed E-state index contributed by atoms with van der Waals surface area (Å²) < 4.78 is 0. The van der Waals surface area contributed by atoms with Gasteiger partial charge in [-0.25, -0.2) is 0 Å². The van der Waals surface area contributed by atoms with E-state index in [9.17, 15) is 0 Å². The molecular formula is C32H34ClN7. The summed E-state index contributed by atoms with van der Waals surface area (Å²) in [4.78, 5) is 8.94. The number of rotatable bonds is 7. The largest absolute Gasteiger partial charge is 0.383 e. The van der Waals surface area contributed by atoms with Crippen LogP contribution in [0.1, 0.15) is 57.7 Å². The van der Waals surface area contributed by atoms with E-state index in [0.29, 0.717) is 16.1 Å². The molecule has 0 amide bonds. The molecule has 0 spiro atoms. The zero-order chi connectivity index (χ0) is 28.1. The number of benzene rings is 2. The normalized spacial score (nSPS) is 16.8. The summed E-state index contributed by atoms with van der Waals surface area (Å²) in [7, 11) is 0. The Morgan fingerprint density at radius 2 is 2.00 bits per heavy atom.